The molecule has 17 heavy (non-hydrogen) atoms. The highest BCUT2D eigenvalue weighted by Crippen LogP contribution is 2.43. The van der Waals surface area contributed by atoms with E-state index in [1.165, 1.54) is 36.8 Å². The van der Waals surface area contributed by atoms with Gasteiger partial charge in [0.25, 0.3) is 0 Å². The van der Waals surface area contributed by atoms with E-state index < -0.39 is 0 Å². The SMILES string of the molecule is CCCNCC1(c2cc(C)cc(C)c2)CCC1. The molecule has 0 saturated heterocycles. The predicted octanol–water partition coefficient (Wildman–Crippen LogP) is 3.72. The van der Waals surface area contributed by atoms with Crippen LogP contribution in [0.4, 0.5) is 0 Å². The fourth-order valence-electron chi connectivity index (χ4n) is 2.96. The Kier molecular flexibility index (Phi) is 3.88. The maximum atomic E-state index is 3.62. The highest BCUT2D eigenvalue weighted by Gasteiger charge is 2.38. The van der Waals surface area contributed by atoms with E-state index in [2.05, 4.69) is 44.3 Å². The summed E-state index contributed by atoms with van der Waals surface area (Å²) in [7, 11) is 0. The summed E-state index contributed by atoms with van der Waals surface area (Å²) >= 11 is 0. The van der Waals surface area contributed by atoms with E-state index in [1.54, 1.807) is 5.56 Å². The summed E-state index contributed by atoms with van der Waals surface area (Å²) in [5, 5.41) is 3.62. The maximum absolute atomic E-state index is 3.62. The first-order chi connectivity index (χ1) is 8.16. The number of hydrogen-bond donors (Lipinski definition) is 1. The molecule has 0 radical (unpaired) electrons. The van der Waals surface area contributed by atoms with Crippen molar-refractivity contribution in [3.05, 3.63) is 34.9 Å². The van der Waals surface area contributed by atoms with Gasteiger partial charge in [-0.15, -0.1) is 0 Å². The van der Waals surface area contributed by atoms with Crippen molar-refractivity contribution in [3.63, 3.8) is 0 Å². The molecule has 0 amide bonds. The lowest BCUT2D eigenvalue weighted by Crippen LogP contribution is -2.44. The molecule has 0 aliphatic heterocycles. The van der Waals surface area contributed by atoms with E-state index >= 15 is 0 Å². The molecule has 1 aliphatic rings. The van der Waals surface area contributed by atoms with Crippen LogP contribution in [0.2, 0.25) is 0 Å². The molecule has 0 bridgehead atoms. The number of benzene rings is 1. The Hall–Kier alpha value is -0.820. The summed E-state index contributed by atoms with van der Waals surface area (Å²) in [5.74, 6) is 0. The van der Waals surface area contributed by atoms with Crippen LogP contribution in [0, 0.1) is 13.8 Å². The Morgan fingerprint density at radius 3 is 2.24 bits per heavy atom. The average Bonchev–Trinajstić information content (AvgIpc) is 2.20. The first kappa shape index (κ1) is 12.6. The topological polar surface area (TPSA) is 12.0 Å². The van der Waals surface area contributed by atoms with Gasteiger partial charge in [-0.2, -0.15) is 0 Å². The lowest BCUT2D eigenvalue weighted by atomic mass is 9.64. The largest absolute Gasteiger partial charge is 0.316 e. The summed E-state index contributed by atoms with van der Waals surface area (Å²) < 4.78 is 0. The molecular weight excluding hydrogens is 206 g/mol. The van der Waals surface area contributed by atoms with Crippen LogP contribution < -0.4 is 5.32 Å². The van der Waals surface area contributed by atoms with Crippen molar-refractivity contribution in [2.45, 2.75) is 51.9 Å². The molecule has 0 atom stereocenters. The summed E-state index contributed by atoms with van der Waals surface area (Å²) in [6.07, 6.45) is 5.32. The third kappa shape index (κ3) is 2.71. The quantitative estimate of drug-likeness (QED) is 0.761. The smallest absolute Gasteiger partial charge is 0.00780 e. The van der Waals surface area contributed by atoms with Gasteiger partial charge in [0.15, 0.2) is 0 Å². The van der Waals surface area contributed by atoms with Gasteiger partial charge >= 0.3 is 0 Å². The fourth-order valence-corrected chi connectivity index (χ4v) is 2.96. The molecule has 1 aromatic rings. The Balaban J connectivity index is 2.16. The zero-order valence-electron chi connectivity index (χ0n) is 11.5. The van der Waals surface area contributed by atoms with E-state index in [9.17, 15) is 0 Å². The third-order valence-corrected chi connectivity index (χ3v) is 4.03. The molecule has 1 nitrogen and oxygen atoms in total. The van der Waals surface area contributed by atoms with Gasteiger partial charge in [-0.25, -0.2) is 0 Å². The Morgan fingerprint density at radius 2 is 1.76 bits per heavy atom. The minimum absolute atomic E-state index is 0.436. The highest BCUT2D eigenvalue weighted by molar-refractivity contribution is 5.36. The number of rotatable bonds is 5. The Labute approximate surface area is 106 Å². The zero-order chi connectivity index (χ0) is 12.3. The Bertz CT molecular complexity index is 357. The molecule has 0 heterocycles. The van der Waals surface area contributed by atoms with Gasteiger partial charge in [0.1, 0.15) is 0 Å². The monoisotopic (exact) mass is 231 g/mol. The Morgan fingerprint density at radius 1 is 1.12 bits per heavy atom. The normalized spacial score (nSPS) is 17.8. The fraction of sp³-hybridized carbons (Fsp3) is 0.625. The second-order valence-electron chi connectivity index (χ2n) is 5.69. The van der Waals surface area contributed by atoms with Crippen molar-refractivity contribution < 1.29 is 0 Å². The van der Waals surface area contributed by atoms with Gasteiger partial charge in [0.05, 0.1) is 0 Å². The van der Waals surface area contributed by atoms with Crippen LogP contribution >= 0.6 is 0 Å². The number of hydrogen-bond acceptors (Lipinski definition) is 1. The van der Waals surface area contributed by atoms with Crippen molar-refractivity contribution in [1.29, 1.82) is 0 Å². The van der Waals surface area contributed by atoms with Crippen LogP contribution in [-0.2, 0) is 5.41 Å². The van der Waals surface area contributed by atoms with Gasteiger partial charge in [0, 0.05) is 12.0 Å². The summed E-state index contributed by atoms with van der Waals surface area (Å²) in [6, 6.07) is 7.05. The molecule has 1 saturated carbocycles. The second kappa shape index (κ2) is 5.22. The van der Waals surface area contributed by atoms with Gasteiger partial charge in [-0.05, 0) is 45.2 Å². The van der Waals surface area contributed by atoms with E-state index in [0.717, 1.165) is 13.1 Å². The molecule has 0 spiro atoms. The number of aryl methyl sites for hydroxylation is 2. The highest BCUT2D eigenvalue weighted by atomic mass is 14.9. The van der Waals surface area contributed by atoms with Gasteiger partial charge in [-0.3, -0.25) is 0 Å². The van der Waals surface area contributed by atoms with Crippen molar-refractivity contribution in [2.75, 3.05) is 13.1 Å². The summed E-state index contributed by atoms with van der Waals surface area (Å²) in [5.41, 5.74) is 4.81. The van der Waals surface area contributed by atoms with Crippen LogP contribution in [0.5, 0.6) is 0 Å². The minimum Gasteiger partial charge on any atom is -0.316 e. The lowest BCUT2D eigenvalue weighted by Gasteiger charge is -2.43. The minimum atomic E-state index is 0.436. The molecule has 2 rings (SSSR count). The van der Waals surface area contributed by atoms with Crippen molar-refractivity contribution >= 4 is 0 Å². The molecule has 1 fully saturated rings. The molecular formula is C16H25N. The summed E-state index contributed by atoms with van der Waals surface area (Å²) in [6.45, 7) is 8.96. The van der Waals surface area contributed by atoms with Crippen molar-refractivity contribution in [1.82, 2.24) is 5.32 Å². The van der Waals surface area contributed by atoms with Crippen LogP contribution in [0.3, 0.4) is 0 Å². The molecule has 1 N–H and O–H groups in total. The van der Waals surface area contributed by atoms with Crippen LogP contribution in [0.15, 0.2) is 18.2 Å². The van der Waals surface area contributed by atoms with E-state index in [4.69, 9.17) is 0 Å². The van der Waals surface area contributed by atoms with Crippen LogP contribution in [0.1, 0.15) is 49.3 Å². The maximum Gasteiger partial charge on any atom is 0.00780 e. The second-order valence-corrected chi connectivity index (χ2v) is 5.69. The molecule has 0 unspecified atom stereocenters. The van der Waals surface area contributed by atoms with Gasteiger partial charge in [0.2, 0.25) is 0 Å². The van der Waals surface area contributed by atoms with E-state index in [-0.39, 0.29) is 0 Å². The van der Waals surface area contributed by atoms with Crippen molar-refractivity contribution in [3.8, 4) is 0 Å². The molecule has 1 heteroatoms. The van der Waals surface area contributed by atoms with Crippen molar-refractivity contribution in [2.24, 2.45) is 0 Å². The average molecular weight is 231 g/mol. The first-order valence-corrected chi connectivity index (χ1v) is 6.96. The lowest BCUT2D eigenvalue weighted by molar-refractivity contribution is 0.234. The number of nitrogens with one attached hydrogen (secondary N) is 1. The standard InChI is InChI=1S/C16H25N/c1-4-8-17-12-16(6-5-7-16)15-10-13(2)9-14(3)11-15/h9-11,17H,4-8,12H2,1-3H3. The van der Waals surface area contributed by atoms with Crippen LogP contribution in [-0.4, -0.2) is 13.1 Å². The molecule has 94 valence electrons. The van der Waals surface area contributed by atoms with E-state index in [0.29, 0.717) is 5.41 Å². The van der Waals surface area contributed by atoms with E-state index in [1.807, 2.05) is 0 Å². The predicted molar refractivity (Wildman–Crippen MR) is 74.6 cm³/mol. The van der Waals surface area contributed by atoms with Crippen LogP contribution in [0.25, 0.3) is 0 Å². The zero-order valence-corrected chi connectivity index (χ0v) is 11.5. The first-order valence-electron chi connectivity index (χ1n) is 6.96. The third-order valence-electron chi connectivity index (χ3n) is 4.03. The van der Waals surface area contributed by atoms with Gasteiger partial charge < -0.3 is 5.32 Å². The summed E-state index contributed by atoms with van der Waals surface area (Å²) in [4.78, 5) is 0. The molecule has 1 aliphatic carbocycles. The molecule has 0 aromatic heterocycles. The van der Waals surface area contributed by atoms with Gasteiger partial charge in [-0.1, -0.05) is 42.7 Å². The molecule has 1 aromatic carbocycles.